The topological polar surface area (TPSA) is 125 Å². The van der Waals surface area contributed by atoms with Crippen LogP contribution in [0.15, 0.2) is 96.6 Å². The summed E-state index contributed by atoms with van der Waals surface area (Å²) in [5.41, 5.74) is 3.57. The number of hydrogen-bond donors (Lipinski definition) is 2. The molecule has 4 aromatic rings. The van der Waals surface area contributed by atoms with E-state index < -0.39 is 52.7 Å². The highest BCUT2D eigenvalue weighted by Gasteiger charge is 2.70. The molecule has 4 aromatic carbocycles. The van der Waals surface area contributed by atoms with E-state index in [1.165, 1.54) is 31.3 Å². The first-order valence-electron chi connectivity index (χ1n) is 16.9. The molecule has 4 amide bonds. The van der Waals surface area contributed by atoms with Crippen molar-refractivity contribution in [3.05, 3.63) is 123 Å². The van der Waals surface area contributed by atoms with Gasteiger partial charge in [-0.2, -0.15) is 5.01 Å². The second-order valence-corrected chi connectivity index (χ2v) is 14.9. The van der Waals surface area contributed by atoms with E-state index in [9.17, 15) is 19.5 Å². The lowest BCUT2D eigenvalue weighted by atomic mass is 9.49. The van der Waals surface area contributed by atoms with Crippen LogP contribution in [0.25, 0.3) is 0 Å². The largest absolute Gasteiger partial charge is 0.508 e. The van der Waals surface area contributed by atoms with E-state index >= 15 is 4.79 Å². The van der Waals surface area contributed by atoms with Crippen LogP contribution in [0.5, 0.6) is 17.2 Å². The fourth-order valence-corrected chi connectivity index (χ4v) is 9.50. The molecular formula is C40H32Cl3N3O7. The molecular weight excluding hydrogens is 741 g/mol. The molecule has 13 heteroatoms. The Morgan fingerprint density at radius 2 is 1.45 bits per heavy atom. The van der Waals surface area contributed by atoms with E-state index in [-0.39, 0.29) is 35.2 Å². The number of halogens is 3. The molecule has 6 unspecified atom stereocenters. The molecule has 4 aliphatic rings. The predicted octanol–water partition coefficient (Wildman–Crippen LogP) is 7.56. The third-order valence-electron chi connectivity index (χ3n) is 11.2. The van der Waals surface area contributed by atoms with E-state index in [0.717, 1.165) is 5.01 Å². The number of hydrazine groups is 1. The van der Waals surface area contributed by atoms with Crippen molar-refractivity contribution in [2.75, 3.05) is 24.5 Å². The van der Waals surface area contributed by atoms with Crippen molar-refractivity contribution < 1.29 is 33.8 Å². The fourth-order valence-electron chi connectivity index (χ4n) is 8.93. The molecule has 53 heavy (non-hydrogen) atoms. The highest BCUT2D eigenvalue weighted by atomic mass is 35.5. The molecule has 10 nitrogen and oxygen atoms in total. The van der Waals surface area contributed by atoms with Crippen molar-refractivity contribution in [2.24, 2.45) is 23.7 Å². The zero-order chi connectivity index (χ0) is 37.3. The molecule has 2 aliphatic heterocycles. The lowest BCUT2D eigenvalue weighted by Gasteiger charge is -2.50. The van der Waals surface area contributed by atoms with Gasteiger partial charge < -0.3 is 14.6 Å². The van der Waals surface area contributed by atoms with E-state index in [0.29, 0.717) is 43.9 Å². The quantitative estimate of drug-likeness (QED) is 0.146. The first-order valence-corrected chi connectivity index (χ1v) is 18.1. The number of hydrogen-bond acceptors (Lipinski definition) is 8. The Morgan fingerprint density at radius 1 is 0.774 bits per heavy atom. The highest BCUT2D eigenvalue weighted by Crippen LogP contribution is 2.65. The van der Waals surface area contributed by atoms with Gasteiger partial charge in [-0.15, -0.1) is 0 Å². The second-order valence-electron chi connectivity index (χ2n) is 13.6. The number of phenolic OH excluding ortho intramolecular Hbond substituents is 1. The van der Waals surface area contributed by atoms with Gasteiger partial charge in [-0.1, -0.05) is 64.7 Å². The Labute approximate surface area is 319 Å². The van der Waals surface area contributed by atoms with Gasteiger partial charge in [0.05, 0.1) is 53.8 Å². The number of carbonyl (C=O) groups is 4. The third-order valence-corrected chi connectivity index (χ3v) is 12.0. The molecule has 0 spiro atoms. The Hall–Kier alpha value is -5.03. The number of benzene rings is 4. The Morgan fingerprint density at radius 3 is 2.11 bits per heavy atom. The standard InChI is InChI=1S/C40H32Cl3N3O7/c1-52-24-10-3-20(4-11-24)40-30(37(49)46(39(40)51)44-32-16-7-22(42)17-31(32)43)19-29-26(35(40)27-13-12-25(53-2)18-33(27)47)14-15-28-34(29)38(50)45(36(28)48)23-8-5-21(41)6-9-23/h3-14,16-18,28-30,34-35,44,47H,15,19H2,1-2H3. The van der Waals surface area contributed by atoms with Crippen molar-refractivity contribution in [3.63, 3.8) is 0 Å². The predicted molar refractivity (Wildman–Crippen MR) is 199 cm³/mol. The molecule has 0 bridgehead atoms. The Balaban J connectivity index is 1.34. The number of anilines is 2. The smallest absolute Gasteiger partial charge is 0.260 e. The van der Waals surface area contributed by atoms with Gasteiger partial charge in [0.15, 0.2) is 0 Å². The number of phenols is 1. The van der Waals surface area contributed by atoms with Crippen LogP contribution >= 0.6 is 34.8 Å². The molecule has 8 rings (SSSR count). The number of ether oxygens (including phenoxy) is 2. The first-order chi connectivity index (χ1) is 25.5. The first kappa shape index (κ1) is 35.0. The molecule has 6 atom stereocenters. The summed E-state index contributed by atoms with van der Waals surface area (Å²) in [7, 11) is 3.01. The SMILES string of the molecule is COc1ccc(C23C(=O)N(Nc4ccc(Cl)cc4Cl)C(=O)C2CC2C(=CCC4C(=O)N(c5ccc(Cl)cc5)C(=O)C42)C3c2ccc(OC)cc2O)cc1. The number of fused-ring (bicyclic) bond motifs is 4. The molecule has 2 aliphatic carbocycles. The van der Waals surface area contributed by atoms with Crippen LogP contribution in [0.1, 0.15) is 29.9 Å². The Bertz CT molecular complexity index is 2230. The average molecular weight is 773 g/mol. The zero-order valence-electron chi connectivity index (χ0n) is 28.4. The van der Waals surface area contributed by atoms with Gasteiger partial charge in [-0.3, -0.25) is 29.5 Å². The van der Waals surface area contributed by atoms with Gasteiger partial charge in [-0.25, -0.2) is 0 Å². The minimum absolute atomic E-state index is 0.0665. The number of imide groups is 2. The van der Waals surface area contributed by atoms with Crippen LogP contribution in [0, 0.1) is 23.7 Å². The van der Waals surface area contributed by atoms with Gasteiger partial charge in [0.2, 0.25) is 11.8 Å². The summed E-state index contributed by atoms with van der Waals surface area (Å²) >= 11 is 18.8. The monoisotopic (exact) mass is 771 g/mol. The zero-order valence-corrected chi connectivity index (χ0v) is 30.7. The van der Waals surface area contributed by atoms with Crippen molar-refractivity contribution in [3.8, 4) is 17.2 Å². The molecule has 2 heterocycles. The third kappa shape index (κ3) is 5.29. The van der Waals surface area contributed by atoms with E-state index in [1.807, 2.05) is 6.08 Å². The number of allylic oxidation sites excluding steroid dienone is 2. The number of rotatable bonds is 7. The normalized spacial score (nSPS) is 26.2. The van der Waals surface area contributed by atoms with Gasteiger partial charge in [0.25, 0.3) is 11.8 Å². The molecule has 270 valence electrons. The van der Waals surface area contributed by atoms with Crippen molar-refractivity contribution >= 4 is 69.8 Å². The van der Waals surface area contributed by atoms with Crippen LogP contribution in [-0.4, -0.2) is 48.0 Å². The second kappa shape index (κ2) is 13.1. The van der Waals surface area contributed by atoms with E-state index in [1.54, 1.807) is 72.8 Å². The van der Waals surface area contributed by atoms with Crippen molar-refractivity contribution in [1.82, 2.24) is 5.01 Å². The summed E-state index contributed by atoms with van der Waals surface area (Å²) in [6.07, 6.45) is 2.20. The van der Waals surface area contributed by atoms with Crippen LogP contribution in [0.2, 0.25) is 15.1 Å². The molecule has 2 N–H and O–H groups in total. The number of carbonyl (C=O) groups excluding carboxylic acids is 4. The van der Waals surface area contributed by atoms with Crippen LogP contribution < -0.4 is 19.8 Å². The van der Waals surface area contributed by atoms with Gasteiger partial charge >= 0.3 is 0 Å². The maximum Gasteiger partial charge on any atom is 0.260 e. The average Bonchev–Trinajstić information content (AvgIpc) is 3.53. The van der Waals surface area contributed by atoms with Gasteiger partial charge in [0, 0.05) is 27.6 Å². The van der Waals surface area contributed by atoms with E-state index in [4.69, 9.17) is 44.3 Å². The molecule has 0 aromatic heterocycles. The summed E-state index contributed by atoms with van der Waals surface area (Å²) in [6.45, 7) is 0. The maximum absolute atomic E-state index is 15.4. The lowest BCUT2D eigenvalue weighted by molar-refractivity contribution is -0.138. The summed E-state index contributed by atoms with van der Waals surface area (Å²) < 4.78 is 10.9. The molecule has 0 radical (unpaired) electrons. The van der Waals surface area contributed by atoms with Crippen LogP contribution in [0.4, 0.5) is 11.4 Å². The molecule has 1 saturated carbocycles. The van der Waals surface area contributed by atoms with Crippen LogP contribution in [0.3, 0.4) is 0 Å². The number of aromatic hydroxyl groups is 1. The Kier molecular flexibility index (Phi) is 8.67. The maximum atomic E-state index is 15.4. The number of methoxy groups -OCH3 is 2. The summed E-state index contributed by atoms with van der Waals surface area (Å²) in [5.74, 6) is -5.28. The van der Waals surface area contributed by atoms with Gasteiger partial charge in [-0.05, 0) is 85.0 Å². The van der Waals surface area contributed by atoms with Gasteiger partial charge in [0.1, 0.15) is 17.2 Å². The fraction of sp³-hybridized carbons (Fsp3) is 0.250. The minimum Gasteiger partial charge on any atom is -0.508 e. The van der Waals surface area contributed by atoms with Crippen molar-refractivity contribution in [1.29, 1.82) is 0 Å². The van der Waals surface area contributed by atoms with E-state index in [2.05, 4.69) is 5.43 Å². The summed E-state index contributed by atoms with van der Waals surface area (Å²) in [5, 5.41) is 13.7. The minimum atomic E-state index is -1.63. The number of nitrogens with one attached hydrogen (secondary N) is 1. The summed E-state index contributed by atoms with van der Waals surface area (Å²) in [4.78, 5) is 60.0. The number of nitrogens with zero attached hydrogens (tertiary/aromatic N) is 2. The highest BCUT2D eigenvalue weighted by molar-refractivity contribution is 6.36. The lowest BCUT2D eigenvalue weighted by Crippen LogP contribution is -2.53. The summed E-state index contributed by atoms with van der Waals surface area (Å²) in [6, 6.07) is 22.9. The molecule has 2 saturated heterocycles. The molecule has 3 fully saturated rings. The number of amides is 4. The van der Waals surface area contributed by atoms with Crippen LogP contribution in [-0.2, 0) is 24.6 Å². The van der Waals surface area contributed by atoms with Crippen molar-refractivity contribution in [2.45, 2.75) is 24.2 Å².